The van der Waals surface area contributed by atoms with Gasteiger partial charge in [0.05, 0.1) is 5.56 Å². The normalized spacial score (nSPS) is 22.8. The molecule has 0 unspecified atom stereocenters. The number of nitrogens with one attached hydrogen (secondary N) is 1. The molecule has 1 aromatic rings. The van der Waals surface area contributed by atoms with Crippen LogP contribution in [0.3, 0.4) is 0 Å². The van der Waals surface area contributed by atoms with Crippen molar-refractivity contribution in [3.8, 4) is 0 Å². The SMILES string of the molecule is CC(C)[C@H](COC(=O)c1ccc(N)cc1)N[C@@H]1CCCC[C@H]1C. The number of hydrogen-bond donors (Lipinski definition) is 2. The van der Waals surface area contributed by atoms with Gasteiger partial charge < -0.3 is 15.8 Å². The van der Waals surface area contributed by atoms with Crippen LogP contribution in [0.4, 0.5) is 5.69 Å². The summed E-state index contributed by atoms with van der Waals surface area (Å²) in [6.07, 6.45) is 5.12. The van der Waals surface area contributed by atoms with Gasteiger partial charge in [-0.25, -0.2) is 4.79 Å². The maximum atomic E-state index is 12.1. The Morgan fingerprint density at radius 3 is 2.52 bits per heavy atom. The molecular weight excluding hydrogens is 288 g/mol. The Bertz CT molecular complexity index is 499. The van der Waals surface area contributed by atoms with E-state index in [0.29, 0.717) is 35.7 Å². The largest absolute Gasteiger partial charge is 0.460 e. The summed E-state index contributed by atoms with van der Waals surface area (Å²) in [6, 6.07) is 7.58. The maximum absolute atomic E-state index is 12.1. The van der Waals surface area contributed by atoms with Gasteiger partial charge in [0.2, 0.25) is 0 Å². The highest BCUT2D eigenvalue weighted by molar-refractivity contribution is 5.89. The lowest BCUT2D eigenvalue weighted by Crippen LogP contribution is -2.48. The van der Waals surface area contributed by atoms with Crippen molar-refractivity contribution in [2.45, 2.75) is 58.5 Å². The molecule has 0 amide bonds. The molecule has 4 heteroatoms. The fraction of sp³-hybridized carbons (Fsp3) is 0.632. The maximum Gasteiger partial charge on any atom is 0.338 e. The molecule has 1 saturated carbocycles. The number of carbonyl (C=O) groups is 1. The Morgan fingerprint density at radius 1 is 1.26 bits per heavy atom. The van der Waals surface area contributed by atoms with Gasteiger partial charge in [-0.1, -0.05) is 33.6 Å². The van der Waals surface area contributed by atoms with Crippen LogP contribution in [-0.2, 0) is 4.74 Å². The lowest BCUT2D eigenvalue weighted by molar-refractivity contribution is 0.0421. The zero-order valence-electron chi connectivity index (χ0n) is 14.5. The van der Waals surface area contributed by atoms with Gasteiger partial charge in [0.1, 0.15) is 6.61 Å². The van der Waals surface area contributed by atoms with Crippen LogP contribution in [0, 0.1) is 11.8 Å². The van der Waals surface area contributed by atoms with Crippen molar-refractivity contribution in [1.82, 2.24) is 5.32 Å². The summed E-state index contributed by atoms with van der Waals surface area (Å²) in [5.41, 5.74) is 6.84. The van der Waals surface area contributed by atoms with Gasteiger partial charge in [-0.15, -0.1) is 0 Å². The summed E-state index contributed by atoms with van der Waals surface area (Å²) in [6.45, 7) is 7.06. The molecule has 3 N–H and O–H groups in total. The zero-order chi connectivity index (χ0) is 16.8. The molecule has 4 nitrogen and oxygen atoms in total. The minimum absolute atomic E-state index is 0.193. The molecule has 23 heavy (non-hydrogen) atoms. The first-order valence-electron chi connectivity index (χ1n) is 8.76. The number of hydrogen-bond acceptors (Lipinski definition) is 4. The molecule has 0 saturated heterocycles. The quantitative estimate of drug-likeness (QED) is 0.621. The van der Waals surface area contributed by atoms with Gasteiger partial charge in [0.15, 0.2) is 0 Å². The third kappa shape index (κ3) is 5.24. The molecule has 0 aliphatic heterocycles. The fourth-order valence-corrected chi connectivity index (χ4v) is 3.14. The molecule has 3 atom stereocenters. The van der Waals surface area contributed by atoms with Crippen molar-refractivity contribution in [2.75, 3.05) is 12.3 Å². The van der Waals surface area contributed by atoms with E-state index in [1.165, 1.54) is 25.7 Å². The van der Waals surface area contributed by atoms with Crippen LogP contribution in [0.2, 0.25) is 0 Å². The first-order chi connectivity index (χ1) is 11.0. The molecule has 1 fully saturated rings. The predicted molar refractivity (Wildman–Crippen MR) is 94.3 cm³/mol. The summed E-state index contributed by atoms with van der Waals surface area (Å²) in [5.74, 6) is 0.829. The molecule has 1 aliphatic carbocycles. The van der Waals surface area contributed by atoms with E-state index in [0.717, 1.165) is 0 Å². The van der Waals surface area contributed by atoms with E-state index in [1.54, 1.807) is 24.3 Å². The standard InChI is InChI=1S/C19H30N2O2/c1-13(2)18(21-17-7-5-4-6-14(17)3)12-23-19(22)15-8-10-16(20)11-9-15/h8-11,13-14,17-18,21H,4-7,12,20H2,1-3H3/t14-,17-,18+/m1/s1. The summed E-state index contributed by atoms with van der Waals surface area (Å²) in [7, 11) is 0. The lowest BCUT2D eigenvalue weighted by Gasteiger charge is -2.34. The van der Waals surface area contributed by atoms with Crippen LogP contribution in [0.15, 0.2) is 24.3 Å². The number of carbonyl (C=O) groups excluding carboxylic acids is 1. The number of esters is 1. The Hall–Kier alpha value is -1.55. The number of nitrogen functional groups attached to an aromatic ring is 1. The van der Waals surface area contributed by atoms with E-state index in [2.05, 4.69) is 26.1 Å². The van der Waals surface area contributed by atoms with Crippen molar-refractivity contribution in [3.63, 3.8) is 0 Å². The average molecular weight is 318 g/mol. The Balaban J connectivity index is 1.89. The monoisotopic (exact) mass is 318 g/mol. The first-order valence-corrected chi connectivity index (χ1v) is 8.76. The fourth-order valence-electron chi connectivity index (χ4n) is 3.14. The molecule has 0 radical (unpaired) electrons. The second kappa shape index (κ2) is 8.34. The van der Waals surface area contributed by atoms with Gasteiger partial charge in [0, 0.05) is 17.8 Å². The minimum Gasteiger partial charge on any atom is -0.460 e. The smallest absolute Gasteiger partial charge is 0.338 e. The second-order valence-electron chi connectivity index (χ2n) is 7.11. The second-order valence-corrected chi connectivity index (χ2v) is 7.11. The summed E-state index contributed by atoms with van der Waals surface area (Å²) in [4.78, 5) is 12.1. The number of ether oxygens (including phenoxy) is 1. The molecule has 0 spiro atoms. The molecule has 1 aliphatic rings. The predicted octanol–water partition coefficient (Wildman–Crippen LogP) is 3.62. The number of anilines is 1. The molecule has 1 aromatic carbocycles. The van der Waals surface area contributed by atoms with Crippen molar-refractivity contribution in [2.24, 2.45) is 11.8 Å². The Kier molecular flexibility index (Phi) is 6.46. The highest BCUT2D eigenvalue weighted by Gasteiger charge is 2.26. The highest BCUT2D eigenvalue weighted by atomic mass is 16.5. The van der Waals surface area contributed by atoms with E-state index >= 15 is 0 Å². The van der Waals surface area contributed by atoms with Crippen LogP contribution in [0.25, 0.3) is 0 Å². The highest BCUT2D eigenvalue weighted by Crippen LogP contribution is 2.24. The summed E-state index contributed by atoms with van der Waals surface area (Å²) >= 11 is 0. The van der Waals surface area contributed by atoms with Crippen LogP contribution in [0.1, 0.15) is 56.8 Å². The van der Waals surface area contributed by atoms with Crippen molar-refractivity contribution in [1.29, 1.82) is 0 Å². The third-order valence-corrected chi connectivity index (χ3v) is 4.88. The molecular formula is C19H30N2O2. The molecule has 128 valence electrons. The van der Waals surface area contributed by atoms with Gasteiger partial charge in [-0.2, -0.15) is 0 Å². The minimum atomic E-state index is -0.283. The van der Waals surface area contributed by atoms with Crippen molar-refractivity contribution < 1.29 is 9.53 Å². The molecule has 2 rings (SSSR count). The van der Waals surface area contributed by atoms with Gasteiger partial charge in [0.25, 0.3) is 0 Å². The molecule has 0 aromatic heterocycles. The lowest BCUT2D eigenvalue weighted by atomic mass is 9.85. The van der Waals surface area contributed by atoms with Gasteiger partial charge in [-0.05, 0) is 48.9 Å². The van der Waals surface area contributed by atoms with E-state index < -0.39 is 0 Å². The third-order valence-electron chi connectivity index (χ3n) is 4.88. The zero-order valence-corrected chi connectivity index (χ0v) is 14.5. The van der Waals surface area contributed by atoms with E-state index in [4.69, 9.17) is 10.5 Å². The Morgan fingerprint density at radius 2 is 1.91 bits per heavy atom. The summed E-state index contributed by atoms with van der Waals surface area (Å²) in [5, 5.41) is 3.72. The summed E-state index contributed by atoms with van der Waals surface area (Å²) < 4.78 is 5.53. The number of nitrogens with two attached hydrogens (primary N) is 1. The van der Waals surface area contributed by atoms with Crippen LogP contribution in [-0.4, -0.2) is 24.7 Å². The number of benzene rings is 1. The van der Waals surface area contributed by atoms with Gasteiger partial charge in [-0.3, -0.25) is 0 Å². The van der Waals surface area contributed by atoms with Crippen LogP contribution in [0.5, 0.6) is 0 Å². The van der Waals surface area contributed by atoms with Crippen molar-refractivity contribution in [3.05, 3.63) is 29.8 Å². The topological polar surface area (TPSA) is 64.3 Å². The van der Waals surface area contributed by atoms with E-state index in [-0.39, 0.29) is 12.0 Å². The molecule has 0 heterocycles. The van der Waals surface area contributed by atoms with Crippen LogP contribution >= 0.6 is 0 Å². The number of rotatable bonds is 6. The first kappa shape index (κ1) is 17.8. The van der Waals surface area contributed by atoms with E-state index in [1.807, 2.05) is 0 Å². The average Bonchev–Trinajstić information content (AvgIpc) is 2.53. The van der Waals surface area contributed by atoms with Crippen molar-refractivity contribution >= 4 is 11.7 Å². The van der Waals surface area contributed by atoms with Gasteiger partial charge >= 0.3 is 5.97 Å². The Labute approximate surface area is 139 Å². The van der Waals surface area contributed by atoms with E-state index in [9.17, 15) is 4.79 Å². The molecule has 0 bridgehead atoms. The van der Waals surface area contributed by atoms with Crippen LogP contribution < -0.4 is 11.1 Å².